The molecule has 0 aromatic carbocycles. The van der Waals surface area contributed by atoms with Crippen molar-refractivity contribution in [3.8, 4) is 0 Å². The fourth-order valence-corrected chi connectivity index (χ4v) is 1.99. The fourth-order valence-electron chi connectivity index (χ4n) is 1.99. The lowest BCUT2D eigenvalue weighted by molar-refractivity contribution is -0.0114. The van der Waals surface area contributed by atoms with Crippen LogP contribution >= 0.6 is 0 Å². The summed E-state index contributed by atoms with van der Waals surface area (Å²) in [5, 5.41) is 10.1. The van der Waals surface area contributed by atoms with Gasteiger partial charge in [0, 0.05) is 31.6 Å². The third-order valence-corrected chi connectivity index (χ3v) is 3.16. The maximum absolute atomic E-state index is 5.37. The normalized spacial score (nSPS) is 13.8. The van der Waals surface area contributed by atoms with E-state index in [1.54, 1.807) is 12.4 Å². The molecule has 0 radical (unpaired) electrons. The van der Waals surface area contributed by atoms with Gasteiger partial charge in [0.1, 0.15) is 0 Å². The highest BCUT2D eigenvalue weighted by Crippen LogP contribution is 2.15. The zero-order valence-electron chi connectivity index (χ0n) is 11.8. The van der Waals surface area contributed by atoms with Crippen LogP contribution in [0.15, 0.2) is 29.7 Å². The number of aromatic nitrogens is 1. The Kier molecular flexibility index (Phi) is 7.77. The van der Waals surface area contributed by atoms with Crippen molar-refractivity contribution in [2.75, 3.05) is 13.6 Å². The minimum atomic E-state index is -0.107. The minimum Gasteiger partial charge on any atom is -0.377 e. The first-order valence-corrected chi connectivity index (χ1v) is 6.70. The van der Waals surface area contributed by atoms with Crippen LogP contribution in [0.4, 0.5) is 0 Å². The molecule has 19 heavy (non-hydrogen) atoms. The first-order valence-electron chi connectivity index (χ1n) is 6.70. The van der Waals surface area contributed by atoms with Crippen LogP contribution in [0, 0.1) is 5.92 Å². The Hall–Kier alpha value is -1.46. The molecule has 2 unspecified atom stereocenters. The van der Waals surface area contributed by atoms with E-state index in [9.17, 15) is 0 Å². The Labute approximate surface area is 115 Å². The van der Waals surface area contributed by atoms with E-state index in [4.69, 9.17) is 4.84 Å². The Morgan fingerprint density at radius 1 is 1.42 bits per heavy atom. The zero-order valence-corrected chi connectivity index (χ0v) is 11.8. The van der Waals surface area contributed by atoms with E-state index in [-0.39, 0.29) is 6.23 Å². The van der Waals surface area contributed by atoms with Crippen molar-refractivity contribution < 1.29 is 4.84 Å². The molecule has 1 rings (SSSR count). The van der Waals surface area contributed by atoms with Gasteiger partial charge in [-0.25, -0.2) is 0 Å². The molecule has 0 aliphatic rings. The van der Waals surface area contributed by atoms with E-state index in [2.05, 4.69) is 34.4 Å². The van der Waals surface area contributed by atoms with Gasteiger partial charge < -0.3 is 10.2 Å². The minimum absolute atomic E-state index is 0.107. The molecule has 0 saturated carbocycles. The Morgan fingerprint density at radius 2 is 2.16 bits per heavy atom. The van der Waals surface area contributed by atoms with Crippen molar-refractivity contribution in [3.63, 3.8) is 0 Å². The van der Waals surface area contributed by atoms with E-state index in [1.807, 2.05) is 19.2 Å². The molecule has 0 spiro atoms. The fraction of sp³-hybridized carbons (Fsp3) is 0.571. The van der Waals surface area contributed by atoms with Crippen molar-refractivity contribution in [3.05, 3.63) is 30.1 Å². The summed E-state index contributed by atoms with van der Waals surface area (Å²) in [4.78, 5) is 9.38. The van der Waals surface area contributed by atoms with Crippen LogP contribution in [0.5, 0.6) is 0 Å². The maximum Gasteiger partial charge on any atom is 0.181 e. The number of rotatable bonds is 10. The second-order valence-corrected chi connectivity index (χ2v) is 4.45. The average Bonchev–Trinajstić information content (AvgIpc) is 2.46. The van der Waals surface area contributed by atoms with Crippen LogP contribution < -0.4 is 10.6 Å². The van der Waals surface area contributed by atoms with Gasteiger partial charge in [0.2, 0.25) is 0 Å². The highest BCUT2D eigenvalue weighted by Gasteiger charge is 2.20. The molecule has 0 saturated heterocycles. The summed E-state index contributed by atoms with van der Waals surface area (Å²) in [6.07, 6.45) is 5.54. The number of hydrogen-bond acceptors (Lipinski definition) is 5. The lowest BCUT2D eigenvalue weighted by Crippen LogP contribution is -2.38. The predicted molar refractivity (Wildman–Crippen MR) is 77.8 cm³/mol. The molecule has 1 aromatic heterocycles. The van der Waals surface area contributed by atoms with Crippen LogP contribution in [0.2, 0.25) is 0 Å². The van der Waals surface area contributed by atoms with Gasteiger partial charge in [-0.15, -0.1) is 5.16 Å². The van der Waals surface area contributed by atoms with Crippen LogP contribution in [0.1, 0.15) is 25.3 Å². The van der Waals surface area contributed by atoms with Crippen LogP contribution in [0.3, 0.4) is 0 Å². The molecule has 2 N–H and O–H groups in total. The third-order valence-electron chi connectivity index (χ3n) is 3.16. The summed E-state index contributed by atoms with van der Waals surface area (Å²) >= 11 is 0. The van der Waals surface area contributed by atoms with Crippen LogP contribution in [-0.4, -0.2) is 31.5 Å². The molecule has 0 bridgehead atoms. The monoisotopic (exact) mass is 264 g/mol. The first kappa shape index (κ1) is 15.6. The largest absolute Gasteiger partial charge is 0.377 e. The third kappa shape index (κ3) is 5.81. The maximum atomic E-state index is 5.37. The number of nitrogens with one attached hydrogen (secondary N) is 2. The lowest BCUT2D eigenvalue weighted by atomic mass is 10.00. The Balaban J connectivity index is 2.52. The van der Waals surface area contributed by atoms with E-state index in [0.717, 1.165) is 25.9 Å². The summed E-state index contributed by atoms with van der Waals surface area (Å²) in [5.74, 6) is 0.403. The first-order chi connectivity index (χ1) is 9.31. The zero-order chi connectivity index (χ0) is 13.9. The summed E-state index contributed by atoms with van der Waals surface area (Å²) in [6, 6.07) is 3.97. The molecular formula is C14H24N4O. The Bertz CT molecular complexity index is 345. The molecule has 5 nitrogen and oxygen atoms in total. The molecule has 0 aliphatic heterocycles. The van der Waals surface area contributed by atoms with Crippen LogP contribution in [-0.2, 0) is 11.4 Å². The second kappa shape index (κ2) is 9.47. The molecule has 1 heterocycles. The molecule has 0 amide bonds. The smallest absolute Gasteiger partial charge is 0.181 e. The van der Waals surface area contributed by atoms with Crippen molar-refractivity contribution in [2.24, 2.45) is 11.1 Å². The van der Waals surface area contributed by atoms with Crippen molar-refractivity contribution in [1.82, 2.24) is 15.6 Å². The Morgan fingerprint density at radius 3 is 2.74 bits per heavy atom. The molecule has 0 fully saturated rings. The number of oxime groups is 1. The van der Waals surface area contributed by atoms with Gasteiger partial charge in [-0.05, 0) is 44.1 Å². The van der Waals surface area contributed by atoms with Crippen molar-refractivity contribution >= 4 is 6.72 Å². The van der Waals surface area contributed by atoms with Gasteiger partial charge in [-0.1, -0.05) is 6.92 Å². The number of pyridine rings is 1. The standard InChI is InChI=1S/C14H24N4O/c1-4-13(7-8-15-2)14(19-16-3)18-11-12-5-9-17-10-6-12/h5-6,9-10,13-15,18H,3-4,7-8,11H2,1-2H3. The average molecular weight is 264 g/mol. The van der Waals surface area contributed by atoms with E-state index < -0.39 is 0 Å². The number of hydrogen-bond donors (Lipinski definition) is 2. The van der Waals surface area contributed by atoms with Gasteiger partial charge in [0.05, 0.1) is 0 Å². The predicted octanol–water partition coefficient (Wildman–Crippen LogP) is 1.77. The topological polar surface area (TPSA) is 58.5 Å². The van der Waals surface area contributed by atoms with E-state index >= 15 is 0 Å². The van der Waals surface area contributed by atoms with Gasteiger partial charge in [0.25, 0.3) is 0 Å². The van der Waals surface area contributed by atoms with E-state index in [0.29, 0.717) is 5.92 Å². The van der Waals surface area contributed by atoms with E-state index in [1.165, 1.54) is 5.56 Å². The second-order valence-electron chi connectivity index (χ2n) is 4.45. The highest BCUT2D eigenvalue weighted by atomic mass is 16.6. The molecule has 2 atom stereocenters. The van der Waals surface area contributed by atoms with Gasteiger partial charge in [0.15, 0.2) is 6.23 Å². The van der Waals surface area contributed by atoms with Crippen LogP contribution in [0.25, 0.3) is 0 Å². The summed E-state index contributed by atoms with van der Waals surface area (Å²) in [7, 11) is 1.96. The van der Waals surface area contributed by atoms with Crippen molar-refractivity contribution in [1.29, 1.82) is 0 Å². The molecule has 0 aliphatic carbocycles. The quantitative estimate of drug-likeness (QED) is 0.384. The van der Waals surface area contributed by atoms with Gasteiger partial charge in [-0.3, -0.25) is 10.3 Å². The molecular weight excluding hydrogens is 240 g/mol. The highest BCUT2D eigenvalue weighted by molar-refractivity contribution is 5.21. The molecule has 5 heteroatoms. The molecule has 106 valence electrons. The summed E-state index contributed by atoms with van der Waals surface area (Å²) < 4.78 is 0. The lowest BCUT2D eigenvalue weighted by Gasteiger charge is -2.25. The molecule has 1 aromatic rings. The van der Waals surface area contributed by atoms with Crippen molar-refractivity contribution in [2.45, 2.75) is 32.5 Å². The summed E-state index contributed by atoms with van der Waals surface area (Å²) in [5.41, 5.74) is 1.18. The summed E-state index contributed by atoms with van der Waals surface area (Å²) in [6.45, 7) is 7.27. The SMILES string of the molecule is C=NOC(NCc1ccncc1)C(CC)CCNC. The number of nitrogens with zero attached hydrogens (tertiary/aromatic N) is 2. The van der Waals surface area contributed by atoms with Gasteiger partial charge >= 0.3 is 0 Å². The van der Waals surface area contributed by atoms with Gasteiger partial charge in [-0.2, -0.15) is 0 Å².